The average Bonchev–Trinajstić information content (AvgIpc) is 2.45. The van der Waals surface area contributed by atoms with Gasteiger partial charge in [-0.2, -0.15) is 4.31 Å². The zero-order chi connectivity index (χ0) is 17.4. The van der Waals surface area contributed by atoms with Gasteiger partial charge in [0.1, 0.15) is 5.75 Å². The van der Waals surface area contributed by atoms with Crippen molar-refractivity contribution < 1.29 is 17.9 Å². The van der Waals surface area contributed by atoms with Crippen LogP contribution in [0.4, 0.5) is 0 Å². The minimum Gasteiger partial charge on any atom is -0.496 e. The van der Waals surface area contributed by atoms with Crippen molar-refractivity contribution in [2.75, 3.05) is 26.7 Å². The predicted molar refractivity (Wildman–Crippen MR) is 88.0 cm³/mol. The third kappa shape index (κ3) is 3.50. The van der Waals surface area contributed by atoms with Crippen molar-refractivity contribution in [3.8, 4) is 5.75 Å². The molecule has 128 valence electrons. The van der Waals surface area contributed by atoms with Gasteiger partial charge in [-0.05, 0) is 51.5 Å². The number of methoxy groups -OCH3 is 1. The molecule has 1 fully saturated rings. The van der Waals surface area contributed by atoms with Gasteiger partial charge in [-0.1, -0.05) is 0 Å². The molecule has 1 amide bonds. The summed E-state index contributed by atoms with van der Waals surface area (Å²) in [6, 6.07) is 4.73. The van der Waals surface area contributed by atoms with E-state index >= 15 is 0 Å². The molecule has 0 saturated carbocycles. The lowest BCUT2D eigenvalue weighted by molar-refractivity contribution is -0.139. The molecule has 0 atom stereocenters. The molecule has 2 rings (SSSR count). The van der Waals surface area contributed by atoms with E-state index in [1.54, 1.807) is 31.1 Å². The first-order chi connectivity index (χ1) is 10.6. The van der Waals surface area contributed by atoms with E-state index in [4.69, 9.17) is 4.74 Å². The SMILES string of the molecule is COc1ccc(S(=O)(=O)N2CCN(C(C)(C)C)C(=O)C2)cc1C. The molecule has 0 aromatic heterocycles. The Labute approximate surface area is 138 Å². The molecule has 0 unspecified atom stereocenters. The molecule has 0 N–H and O–H groups in total. The highest BCUT2D eigenvalue weighted by Gasteiger charge is 2.36. The molecule has 1 aliphatic heterocycles. The number of sulfonamides is 1. The van der Waals surface area contributed by atoms with E-state index in [0.29, 0.717) is 18.8 Å². The largest absolute Gasteiger partial charge is 0.496 e. The first-order valence-electron chi connectivity index (χ1n) is 7.52. The Morgan fingerprint density at radius 2 is 1.83 bits per heavy atom. The summed E-state index contributed by atoms with van der Waals surface area (Å²) in [5.74, 6) is 0.468. The highest BCUT2D eigenvalue weighted by molar-refractivity contribution is 7.89. The second-order valence-corrected chi connectivity index (χ2v) is 8.62. The van der Waals surface area contributed by atoms with Gasteiger partial charge in [0, 0.05) is 18.6 Å². The van der Waals surface area contributed by atoms with Gasteiger partial charge in [0.25, 0.3) is 0 Å². The van der Waals surface area contributed by atoms with Crippen LogP contribution in [0, 0.1) is 6.92 Å². The zero-order valence-corrected chi connectivity index (χ0v) is 15.1. The molecule has 0 spiro atoms. The van der Waals surface area contributed by atoms with E-state index in [-0.39, 0.29) is 22.9 Å². The number of carbonyl (C=O) groups excluding carboxylic acids is 1. The molecule has 23 heavy (non-hydrogen) atoms. The van der Waals surface area contributed by atoms with E-state index < -0.39 is 10.0 Å². The minimum atomic E-state index is -3.68. The number of aryl methyl sites for hydroxylation is 1. The Morgan fingerprint density at radius 1 is 1.17 bits per heavy atom. The summed E-state index contributed by atoms with van der Waals surface area (Å²) in [6.45, 7) is 8.21. The molecular formula is C16H24N2O4S. The number of ether oxygens (including phenoxy) is 1. The quantitative estimate of drug-likeness (QED) is 0.839. The average molecular weight is 340 g/mol. The molecule has 1 saturated heterocycles. The van der Waals surface area contributed by atoms with Gasteiger partial charge in [0.15, 0.2) is 0 Å². The van der Waals surface area contributed by atoms with Crippen molar-refractivity contribution in [3.63, 3.8) is 0 Å². The lowest BCUT2D eigenvalue weighted by Gasteiger charge is -2.41. The number of benzene rings is 1. The molecule has 1 heterocycles. The topological polar surface area (TPSA) is 66.9 Å². The fourth-order valence-electron chi connectivity index (χ4n) is 2.73. The van der Waals surface area contributed by atoms with Crippen molar-refractivity contribution in [1.82, 2.24) is 9.21 Å². The fourth-order valence-corrected chi connectivity index (χ4v) is 4.19. The zero-order valence-electron chi connectivity index (χ0n) is 14.3. The van der Waals surface area contributed by atoms with E-state index in [2.05, 4.69) is 0 Å². The van der Waals surface area contributed by atoms with Gasteiger partial charge in [-0.3, -0.25) is 4.79 Å². The van der Waals surface area contributed by atoms with Gasteiger partial charge < -0.3 is 9.64 Å². The number of piperazine rings is 1. The minimum absolute atomic E-state index is 0.120. The Balaban J connectivity index is 2.25. The number of rotatable bonds is 3. The van der Waals surface area contributed by atoms with Crippen molar-refractivity contribution >= 4 is 15.9 Å². The fraction of sp³-hybridized carbons (Fsp3) is 0.562. The second-order valence-electron chi connectivity index (χ2n) is 6.69. The van der Waals surface area contributed by atoms with E-state index in [1.165, 1.54) is 10.4 Å². The predicted octanol–water partition coefficient (Wildman–Crippen LogP) is 1.64. The lowest BCUT2D eigenvalue weighted by Crippen LogP contribution is -2.57. The molecule has 0 radical (unpaired) electrons. The molecule has 1 aromatic carbocycles. The summed E-state index contributed by atoms with van der Waals surface area (Å²) >= 11 is 0. The number of amides is 1. The Kier molecular flexibility index (Phi) is 4.73. The van der Waals surface area contributed by atoms with Crippen LogP contribution in [-0.4, -0.2) is 55.8 Å². The number of hydrogen-bond donors (Lipinski definition) is 0. The first-order valence-corrected chi connectivity index (χ1v) is 8.96. The van der Waals surface area contributed by atoms with Crippen LogP contribution in [0.25, 0.3) is 0 Å². The smallest absolute Gasteiger partial charge is 0.243 e. The highest BCUT2D eigenvalue weighted by atomic mass is 32.2. The first kappa shape index (κ1) is 17.7. The maximum absolute atomic E-state index is 12.8. The monoisotopic (exact) mass is 340 g/mol. The molecule has 0 bridgehead atoms. The third-order valence-electron chi connectivity index (χ3n) is 4.00. The summed E-state index contributed by atoms with van der Waals surface area (Å²) < 4.78 is 31.9. The van der Waals surface area contributed by atoms with E-state index in [0.717, 1.165) is 5.56 Å². The van der Waals surface area contributed by atoms with Gasteiger partial charge in [-0.15, -0.1) is 0 Å². The molecule has 7 heteroatoms. The van der Waals surface area contributed by atoms with Gasteiger partial charge in [0.05, 0.1) is 18.6 Å². The second kappa shape index (κ2) is 6.13. The standard InChI is InChI=1S/C16H24N2O4S/c1-12-10-13(6-7-14(12)22-5)23(20,21)17-8-9-18(15(19)11-17)16(2,3)4/h6-7,10H,8-9,11H2,1-5H3. The Morgan fingerprint density at radius 3 is 2.30 bits per heavy atom. The third-order valence-corrected chi connectivity index (χ3v) is 5.84. The summed E-state index contributed by atoms with van der Waals surface area (Å²) in [4.78, 5) is 14.2. The van der Waals surface area contributed by atoms with Crippen LogP contribution in [-0.2, 0) is 14.8 Å². The number of hydrogen-bond acceptors (Lipinski definition) is 4. The van der Waals surface area contributed by atoms with Crippen molar-refractivity contribution in [2.45, 2.75) is 38.1 Å². The van der Waals surface area contributed by atoms with Gasteiger partial charge in [0.2, 0.25) is 15.9 Å². The van der Waals surface area contributed by atoms with Crippen LogP contribution in [0.1, 0.15) is 26.3 Å². The number of nitrogens with zero attached hydrogens (tertiary/aromatic N) is 2. The summed E-state index contributed by atoms with van der Waals surface area (Å²) in [5, 5.41) is 0. The normalized spacial score (nSPS) is 17.4. The maximum atomic E-state index is 12.8. The van der Waals surface area contributed by atoms with E-state index in [1.807, 2.05) is 20.8 Å². The lowest BCUT2D eigenvalue weighted by atomic mass is 10.1. The van der Waals surface area contributed by atoms with Crippen molar-refractivity contribution in [3.05, 3.63) is 23.8 Å². The van der Waals surface area contributed by atoms with Crippen LogP contribution in [0.2, 0.25) is 0 Å². The summed E-state index contributed by atoms with van der Waals surface area (Å²) in [5.41, 5.74) is 0.442. The van der Waals surface area contributed by atoms with Gasteiger partial charge >= 0.3 is 0 Å². The molecule has 1 aliphatic rings. The van der Waals surface area contributed by atoms with Crippen LogP contribution in [0.5, 0.6) is 5.75 Å². The molecule has 0 aliphatic carbocycles. The van der Waals surface area contributed by atoms with Crippen LogP contribution < -0.4 is 4.74 Å². The van der Waals surface area contributed by atoms with Crippen LogP contribution in [0.3, 0.4) is 0 Å². The highest BCUT2D eigenvalue weighted by Crippen LogP contribution is 2.25. The summed E-state index contributed by atoms with van der Waals surface area (Å²) in [7, 11) is -2.14. The van der Waals surface area contributed by atoms with Crippen molar-refractivity contribution in [1.29, 1.82) is 0 Å². The van der Waals surface area contributed by atoms with Crippen LogP contribution >= 0.6 is 0 Å². The van der Waals surface area contributed by atoms with Crippen LogP contribution in [0.15, 0.2) is 23.1 Å². The Hall–Kier alpha value is -1.60. The van der Waals surface area contributed by atoms with E-state index in [9.17, 15) is 13.2 Å². The molecule has 1 aromatic rings. The molecular weight excluding hydrogens is 316 g/mol. The maximum Gasteiger partial charge on any atom is 0.243 e. The van der Waals surface area contributed by atoms with Gasteiger partial charge in [-0.25, -0.2) is 8.42 Å². The molecule has 6 nitrogen and oxygen atoms in total. The van der Waals surface area contributed by atoms with Crippen molar-refractivity contribution in [2.24, 2.45) is 0 Å². The Bertz CT molecular complexity index is 707. The number of carbonyl (C=O) groups is 1. The summed E-state index contributed by atoms with van der Waals surface area (Å²) in [6.07, 6.45) is 0.